The highest BCUT2D eigenvalue weighted by Crippen LogP contribution is 2.27. The molecule has 6 nitrogen and oxygen atoms in total. The Balaban J connectivity index is 1.51. The first kappa shape index (κ1) is 24.0. The van der Waals surface area contributed by atoms with Crippen molar-refractivity contribution < 1.29 is 9.18 Å². The van der Waals surface area contributed by atoms with E-state index in [0.717, 1.165) is 4.47 Å². The highest BCUT2D eigenvalue weighted by molar-refractivity contribution is 9.11. The topological polar surface area (TPSA) is 75.2 Å². The minimum absolute atomic E-state index is 0.0345. The molecule has 4 rings (SSSR count). The minimum atomic E-state index is -0.762. The summed E-state index contributed by atoms with van der Waals surface area (Å²) >= 11 is 6.81. The molecule has 0 saturated carbocycles. The number of nitrogens with zero attached hydrogens (tertiary/aromatic N) is 2. The van der Waals surface area contributed by atoms with Crippen LogP contribution in [0.1, 0.15) is 37.0 Å². The maximum atomic E-state index is 13.3. The monoisotopic (exact) mass is 579 g/mol. The molecule has 0 atom stereocenters. The van der Waals surface area contributed by atoms with Crippen LogP contribution < -0.4 is 11.2 Å². The third kappa shape index (κ3) is 4.90. The molecule has 2 aromatic carbocycles. The number of Topliss-reactive ketones (excluding diaryl/α,β-unsaturated/α-hetero) is 1. The zero-order valence-corrected chi connectivity index (χ0v) is 21.5. The summed E-state index contributed by atoms with van der Waals surface area (Å²) < 4.78 is 15.8. The summed E-state index contributed by atoms with van der Waals surface area (Å²) in [6.45, 7) is 5.60. The lowest BCUT2D eigenvalue weighted by atomic mass is 9.88. The molecule has 0 aliphatic carbocycles. The van der Waals surface area contributed by atoms with E-state index in [2.05, 4.69) is 41.7 Å². The number of hydrogen-bond donors (Lipinski definition) is 1. The molecular weight excluding hydrogens is 557 g/mol. The molecule has 2 heterocycles. The van der Waals surface area contributed by atoms with Crippen molar-refractivity contribution in [3.8, 4) is 0 Å². The van der Waals surface area contributed by atoms with Gasteiger partial charge in [-0.2, -0.15) is 0 Å². The van der Waals surface area contributed by atoms with Crippen LogP contribution in [0.5, 0.6) is 0 Å². The van der Waals surface area contributed by atoms with Gasteiger partial charge in [0.15, 0.2) is 5.78 Å². The van der Waals surface area contributed by atoms with Crippen LogP contribution >= 0.6 is 31.9 Å². The van der Waals surface area contributed by atoms with Crippen LogP contribution in [-0.2, 0) is 5.54 Å². The van der Waals surface area contributed by atoms with Gasteiger partial charge in [0, 0.05) is 27.0 Å². The third-order valence-corrected chi connectivity index (χ3v) is 7.31. The first-order valence-electron chi connectivity index (χ1n) is 10.7. The maximum absolute atomic E-state index is 13.3. The zero-order valence-electron chi connectivity index (χ0n) is 18.3. The van der Waals surface area contributed by atoms with Crippen molar-refractivity contribution in [3.63, 3.8) is 0 Å². The van der Waals surface area contributed by atoms with Gasteiger partial charge in [0.05, 0.1) is 16.4 Å². The van der Waals surface area contributed by atoms with E-state index < -0.39 is 11.2 Å². The van der Waals surface area contributed by atoms with E-state index in [4.69, 9.17) is 0 Å². The summed E-state index contributed by atoms with van der Waals surface area (Å²) in [5.41, 5.74) is -0.562. The molecular formula is C24H24Br2FN3O3. The molecule has 0 bridgehead atoms. The van der Waals surface area contributed by atoms with E-state index in [-0.39, 0.29) is 23.1 Å². The summed E-state index contributed by atoms with van der Waals surface area (Å²) in [7, 11) is 0. The first-order chi connectivity index (χ1) is 15.6. The Morgan fingerprint density at radius 1 is 1.12 bits per heavy atom. The molecule has 1 aromatic heterocycles. The van der Waals surface area contributed by atoms with E-state index >= 15 is 0 Å². The van der Waals surface area contributed by atoms with Crippen LogP contribution in [0, 0.1) is 11.7 Å². The average Bonchev–Trinajstić information content (AvgIpc) is 2.75. The number of carbonyl (C=O) groups is 1. The summed E-state index contributed by atoms with van der Waals surface area (Å²) in [5.74, 6) is -0.439. The van der Waals surface area contributed by atoms with Gasteiger partial charge in [0.1, 0.15) is 5.82 Å². The molecule has 0 unspecified atom stereocenters. The number of hydrogen-bond acceptors (Lipinski definition) is 4. The van der Waals surface area contributed by atoms with E-state index in [9.17, 15) is 18.8 Å². The van der Waals surface area contributed by atoms with Crippen molar-refractivity contribution in [2.24, 2.45) is 5.92 Å². The Hall–Kier alpha value is -2.10. The van der Waals surface area contributed by atoms with Crippen molar-refractivity contribution >= 4 is 48.5 Å². The van der Waals surface area contributed by atoms with Gasteiger partial charge in [-0.05, 0) is 92.1 Å². The number of rotatable bonds is 5. The molecule has 0 radical (unpaired) electrons. The van der Waals surface area contributed by atoms with Gasteiger partial charge in [0.25, 0.3) is 5.56 Å². The third-order valence-electron chi connectivity index (χ3n) is 6.23. The van der Waals surface area contributed by atoms with Crippen LogP contribution in [0.25, 0.3) is 10.9 Å². The Labute approximate surface area is 207 Å². The molecule has 1 N–H and O–H groups in total. The van der Waals surface area contributed by atoms with Gasteiger partial charge in [-0.15, -0.1) is 0 Å². The number of halogens is 3. The van der Waals surface area contributed by atoms with E-state index in [0.29, 0.717) is 53.4 Å². The standard InChI is InChI=1S/C24H24Br2FN3O3/c1-24(2,30-22(32)18-11-16(25)12-19(26)20(18)28-23(30)33)13-29-9-7-15(8-10-29)21(31)14-3-5-17(27)6-4-14/h3-6,11-12,15H,7-10,13H2,1-2H3,(H,28,33). The Morgan fingerprint density at radius 2 is 1.76 bits per heavy atom. The number of aromatic nitrogens is 2. The first-order valence-corrected chi connectivity index (χ1v) is 12.3. The molecule has 174 valence electrons. The second kappa shape index (κ2) is 9.27. The smallest absolute Gasteiger partial charge is 0.306 e. The summed E-state index contributed by atoms with van der Waals surface area (Å²) in [6, 6.07) is 9.16. The molecule has 0 spiro atoms. The number of piperidine rings is 1. The van der Waals surface area contributed by atoms with Crippen molar-refractivity contribution in [2.45, 2.75) is 32.2 Å². The lowest BCUT2D eigenvalue weighted by molar-refractivity contribution is 0.0798. The van der Waals surface area contributed by atoms with Crippen LogP contribution in [0.2, 0.25) is 0 Å². The number of fused-ring (bicyclic) bond motifs is 1. The molecule has 1 fully saturated rings. The van der Waals surface area contributed by atoms with Crippen LogP contribution in [0.15, 0.2) is 54.9 Å². The fourth-order valence-corrected chi connectivity index (χ4v) is 5.94. The number of benzene rings is 2. The molecule has 1 aliphatic rings. The summed E-state index contributed by atoms with van der Waals surface area (Å²) in [4.78, 5) is 43.9. The highest BCUT2D eigenvalue weighted by Gasteiger charge is 2.32. The molecule has 1 saturated heterocycles. The van der Waals surface area contributed by atoms with Gasteiger partial charge >= 0.3 is 5.69 Å². The predicted octanol–water partition coefficient (Wildman–Crippen LogP) is 4.68. The number of H-pyrrole nitrogens is 1. The Morgan fingerprint density at radius 3 is 2.39 bits per heavy atom. The van der Waals surface area contributed by atoms with Crippen molar-refractivity contribution in [3.05, 3.63) is 77.6 Å². The Bertz CT molecular complexity index is 1320. The maximum Gasteiger partial charge on any atom is 0.329 e. The number of likely N-dealkylation sites (tertiary alicyclic amines) is 1. The molecule has 9 heteroatoms. The quantitative estimate of drug-likeness (QED) is 0.445. The lowest BCUT2D eigenvalue weighted by Crippen LogP contribution is -2.53. The largest absolute Gasteiger partial charge is 0.329 e. The predicted molar refractivity (Wildman–Crippen MR) is 133 cm³/mol. The molecule has 33 heavy (non-hydrogen) atoms. The number of aromatic amines is 1. The van der Waals surface area contributed by atoms with Crippen molar-refractivity contribution in [1.82, 2.24) is 14.5 Å². The molecule has 3 aromatic rings. The number of ketones is 1. The van der Waals surface area contributed by atoms with Gasteiger partial charge < -0.3 is 9.88 Å². The van der Waals surface area contributed by atoms with Gasteiger partial charge in [-0.1, -0.05) is 15.9 Å². The van der Waals surface area contributed by atoms with E-state index in [1.54, 1.807) is 12.1 Å². The van der Waals surface area contributed by atoms with Crippen LogP contribution in [0.3, 0.4) is 0 Å². The van der Waals surface area contributed by atoms with Gasteiger partial charge in [-0.3, -0.25) is 14.2 Å². The van der Waals surface area contributed by atoms with Crippen molar-refractivity contribution in [2.75, 3.05) is 19.6 Å². The second-order valence-corrected chi connectivity index (χ2v) is 10.9. The number of carbonyl (C=O) groups excluding carboxylic acids is 1. The highest BCUT2D eigenvalue weighted by atomic mass is 79.9. The molecule has 1 aliphatic heterocycles. The minimum Gasteiger partial charge on any atom is -0.306 e. The second-order valence-electron chi connectivity index (χ2n) is 9.11. The van der Waals surface area contributed by atoms with E-state index in [1.165, 1.54) is 28.8 Å². The SMILES string of the molecule is CC(C)(CN1CCC(C(=O)c2ccc(F)cc2)CC1)n1c(=O)[nH]c2c(Br)cc(Br)cc2c1=O. The normalized spacial score (nSPS) is 15.8. The van der Waals surface area contributed by atoms with Crippen molar-refractivity contribution in [1.29, 1.82) is 0 Å². The average molecular weight is 581 g/mol. The van der Waals surface area contributed by atoms with E-state index in [1.807, 2.05) is 13.8 Å². The van der Waals surface area contributed by atoms with Gasteiger partial charge in [-0.25, -0.2) is 9.18 Å². The lowest BCUT2D eigenvalue weighted by Gasteiger charge is -2.37. The zero-order chi connectivity index (χ0) is 23.9. The van der Waals surface area contributed by atoms with Crippen LogP contribution in [0.4, 0.5) is 4.39 Å². The molecule has 0 amide bonds. The summed E-state index contributed by atoms with van der Waals surface area (Å²) in [5, 5.41) is 0.424. The van der Waals surface area contributed by atoms with Gasteiger partial charge in [0.2, 0.25) is 0 Å². The number of nitrogens with one attached hydrogen (secondary N) is 1. The Kier molecular flexibility index (Phi) is 6.75. The fourth-order valence-electron chi connectivity index (χ4n) is 4.62. The van der Waals surface area contributed by atoms with Crippen LogP contribution in [-0.4, -0.2) is 39.9 Å². The summed E-state index contributed by atoms with van der Waals surface area (Å²) in [6.07, 6.45) is 1.35. The fraction of sp³-hybridized carbons (Fsp3) is 0.375.